The van der Waals surface area contributed by atoms with Gasteiger partial charge in [0.25, 0.3) is 11.7 Å². The SMILES string of the molecule is CCCCN1C(=O)C(=O)C(=C(O)c2ccccc2)[C@@H]1c1ccc(OC)cc1. The lowest BCUT2D eigenvalue weighted by molar-refractivity contribution is -0.139. The maximum Gasteiger partial charge on any atom is 0.295 e. The molecule has 0 aromatic heterocycles. The van der Waals surface area contributed by atoms with Crippen molar-refractivity contribution >= 4 is 17.4 Å². The summed E-state index contributed by atoms with van der Waals surface area (Å²) < 4.78 is 5.20. The van der Waals surface area contributed by atoms with Crippen LogP contribution in [0.4, 0.5) is 0 Å². The van der Waals surface area contributed by atoms with Crippen LogP contribution in [0.15, 0.2) is 60.2 Å². The van der Waals surface area contributed by atoms with Gasteiger partial charge in [-0.25, -0.2) is 0 Å². The van der Waals surface area contributed by atoms with E-state index in [0.717, 1.165) is 18.4 Å². The Kier molecular flexibility index (Phi) is 5.60. The van der Waals surface area contributed by atoms with Crippen molar-refractivity contribution in [2.24, 2.45) is 0 Å². The van der Waals surface area contributed by atoms with Gasteiger partial charge in [0.1, 0.15) is 11.5 Å². The van der Waals surface area contributed by atoms with E-state index in [2.05, 4.69) is 0 Å². The Bertz CT molecular complexity index is 856. The predicted molar refractivity (Wildman–Crippen MR) is 103 cm³/mol. The molecule has 0 spiro atoms. The number of carbonyl (C=O) groups excluding carboxylic acids is 2. The van der Waals surface area contributed by atoms with Crippen LogP contribution >= 0.6 is 0 Å². The monoisotopic (exact) mass is 365 g/mol. The molecule has 1 saturated heterocycles. The molecule has 1 amide bonds. The van der Waals surface area contributed by atoms with Crippen molar-refractivity contribution in [2.75, 3.05) is 13.7 Å². The van der Waals surface area contributed by atoms with Crippen LogP contribution in [0.3, 0.4) is 0 Å². The number of aliphatic hydroxyl groups excluding tert-OH is 1. The van der Waals surface area contributed by atoms with Gasteiger partial charge in [0.2, 0.25) is 0 Å². The van der Waals surface area contributed by atoms with Crippen LogP contribution in [-0.4, -0.2) is 35.4 Å². The molecule has 1 heterocycles. The molecule has 1 atom stereocenters. The highest BCUT2D eigenvalue weighted by molar-refractivity contribution is 6.46. The Morgan fingerprint density at radius 1 is 1.07 bits per heavy atom. The molecule has 5 nitrogen and oxygen atoms in total. The van der Waals surface area contributed by atoms with E-state index in [1.807, 2.05) is 25.1 Å². The van der Waals surface area contributed by atoms with Crippen LogP contribution in [-0.2, 0) is 9.59 Å². The average molecular weight is 365 g/mol. The van der Waals surface area contributed by atoms with E-state index in [4.69, 9.17) is 4.74 Å². The van der Waals surface area contributed by atoms with E-state index in [0.29, 0.717) is 17.9 Å². The summed E-state index contributed by atoms with van der Waals surface area (Å²) in [5.41, 5.74) is 1.42. The minimum atomic E-state index is -0.645. The standard InChI is InChI=1S/C22H23NO4/c1-3-4-14-23-19(15-10-12-17(27-2)13-11-15)18(21(25)22(23)26)20(24)16-8-6-5-7-9-16/h5-13,19,24H,3-4,14H2,1-2H3/t19-/m0/s1. The molecule has 0 bridgehead atoms. The van der Waals surface area contributed by atoms with Crippen LogP contribution in [0.2, 0.25) is 0 Å². The van der Waals surface area contributed by atoms with Crippen LogP contribution in [0.5, 0.6) is 5.75 Å². The number of rotatable bonds is 6. The van der Waals surface area contributed by atoms with Crippen molar-refractivity contribution in [2.45, 2.75) is 25.8 Å². The number of nitrogens with zero attached hydrogens (tertiary/aromatic N) is 1. The molecule has 1 aliphatic rings. The predicted octanol–water partition coefficient (Wildman–Crippen LogP) is 3.92. The normalized spacial score (nSPS) is 18.7. The molecule has 2 aromatic rings. The third-order valence-corrected chi connectivity index (χ3v) is 4.77. The van der Waals surface area contributed by atoms with E-state index in [1.54, 1.807) is 48.4 Å². The topological polar surface area (TPSA) is 66.8 Å². The third kappa shape index (κ3) is 3.58. The fourth-order valence-corrected chi connectivity index (χ4v) is 3.32. The number of aliphatic hydroxyl groups is 1. The number of ether oxygens (including phenoxy) is 1. The van der Waals surface area contributed by atoms with E-state index >= 15 is 0 Å². The van der Waals surface area contributed by atoms with Crippen molar-refractivity contribution in [1.82, 2.24) is 4.90 Å². The van der Waals surface area contributed by atoms with Crippen LogP contribution in [0.1, 0.15) is 36.9 Å². The van der Waals surface area contributed by atoms with E-state index < -0.39 is 17.7 Å². The molecule has 27 heavy (non-hydrogen) atoms. The number of hydrogen-bond donors (Lipinski definition) is 1. The molecule has 1 fully saturated rings. The van der Waals surface area contributed by atoms with Gasteiger partial charge in [-0.3, -0.25) is 9.59 Å². The minimum Gasteiger partial charge on any atom is -0.507 e. The summed E-state index contributed by atoms with van der Waals surface area (Å²) in [6.45, 7) is 2.49. The lowest BCUT2D eigenvalue weighted by Crippen LogP contribution is -2.30. The molecule has 140 valence electrons. The number of benzene rings is 2. The Hall–Kier alpha value is -3.08. The zero-order valence-electron chi connectivity index (χ0n) is 15.5. The molecule has 3 rings (SSSR count). The first-order valence-corrected chi connectivity index (χ1v) is 9.06. The summed E-state index contributed by atoms with van der Waals surface area (Å²) in [5, 5.41) is 10.8. The van der Waals surface area contributed by atoms with Gasteiger partial charge < -0.3 is 14.7 Å². The molecule has 0 saturated carbocycles. The molecule has 2 aromatic carbocycles. The molecule has 1 aliphatic heterocycles. The number of amides is 1. The highest BCUT2D eigenvalue weighted by Crippen LogP contribution is 2.39. The van der Waals surface area contributed by atoms with Gasteiger partial charge in [-0.05, 0) is 24.1 Å². The minimum absolute atomic E-state index is 0.132. The zero-order chi connectivity index (χ0) is 19.4. The molecule has 0 unspecified atom stereocenters. The Labute approximate surface area is 158 Å². The first kappa shape index (κ1) is 18.7. The average Bonchev–Trinajstić information content (AvgIpc) is 2.97. The number of carbonyl (C=O) groups is 2. The number of likely N-dealkylation sites (tertiary alicyclic amines) is 1. The largest absolute Gasteiger partial charge is 0.507 e. The van der Waals surface area contributed by atoms with E-state index in [1.165, 1.54) is 0 Å². The molecule has 1 N–H and O–H groups in total. The lowest BCUT2D eigenvalue weighted by atomic mass is 9.95. The van der Waals surface area contributed by atoms with E-state index in [-0.39, 0.29) is 11.3 Å². The first-order valence-electron chi connectivity index (χ1n) is 9.06. The second-order valence-corrected chi connectivity index (χ2v) is 6.49. The lowest BCUT2D eigenvalue weighted by Gasteiger charge is -2.25. The van der Waals surface area contributed by atoms with Gasteiger partial charge in [0, 0.05) is 12.1 Å². The molecular formula is C22H23NO4. The van der Waals surface area contributed by atoms with Crippen LogP contribution in [0.25, 0.3) is 5.76 Å². The smallest absolute Gasteiger partial charge is 0.295 e. The number of ketones is 1. The maximum absolute atomic E-state index is 12.8. The highest BCUT2D eigenvalue weighted by Gasteiger charge is 2.45. The first-order chi connectivity index (χ1) is 13.1. The van der Waals surface area contributed by atoms with Crippen molar-refractivity contribution in [3.8, 4) is 5.75 Å². The van der Waals surface area contributed by atoms with Gasteiger partial charge in [-0.2, -0.15) is 0 Å². The second kappa shape index (κ2) is 8.08. The van der Waals surface area contributed by atoms with Crippen LogP contribution in [0, 0.1) is 0 Å². The van der Waals surface area contributed by atoms with Gasteiger partial charge in [-0.1, -0.05) is 55.8 Å². The summed E-state index contributed by atoms with van der Waals surface area (Å²) in [7, 11) is 1.58. The van der Waals surface area contributed by atoms with Crippen molar-refractivity contribution in [3.05, 3.63) is 71.3 Å². The molecular weight excluding hydrogens is 342 g/mol. The van der Waals surface area contributed by atoms with E-state index in [9.17, 15) is 14.7 Å². The summed E-state index contributed by atoms with van der Waals surface area (Å²) in [5.74, 6) is -0.670. The van der Waals surface area contributed by atoms with Crippen molar-refractivity contribution in [3.63, 3.8) is 0 Å². The Morgan fingerprint density at radius 3 is 2.33 bits per heavy atom. The fourth-order valence-electron chi connectivity index (χ4n) is 3.32. The molecule has 5 heteroatoms. The Balaban J connectivity index is 2.13. The van der Waals surface area contributed by atoms with Crippen LogP contribution < -0.4 is 4.74 Å². The number of hydrogen-bond acceptors (Lipinski definition) is 4. The maximum atomic E-state index is 12.8. The Morgan fingerprint density at radius 2 is 1.74 bits per heavy atom. The summed E-state index contributed by atoms with van der Waals surface area (Å²) in [6, 6.07) is 15.5. The van der Waals surface area contributed by atoms with Gasteiger partial charge >= 0.3 is 0 Å². The van der Waals surface area contributed by atoms with Gasteiger partial charge in [-0.15, -0.1) is 0 Å². The second-order valence-electron chi connectivity index (χ2n) is 6.49. The highest BCUT2D eigenvalue weighted by atomic mass is 16.5. The number of methoxy groups -OCH3 is 1. The van der Waals surface area contributed by atoms with Gasteiger partial charge in [0.15, 0.2) is 0 Å². The van der Waals surface area contributed by atoms with Gasteiger partial charge in [0.05, 0.1) is 18.7 Å². The zero-order valence-corrected chi connectivity index (χ0v) is 15.5. The van der Waals surface area contributed by atoms with Crippen molar-refractivity contribution in [1.29, 1.82) is 0 Å². The fraction of sp³-hybridized carbons (Fsp3) is 0.273. The molecule has 0 aliphatic carbocycles. The molecule has 0 radical (unpaired) electrons. The summed E-state index contributed by atoms with van der Waals surface area (Å²) >= 11 is 0. The quantitative estimate of drug-likeness (QED) is 0.479. The number of Topliss-reactive ketones (excluding diaryl/α,β-unsaturated/α-hetero) is 1. The summed E-state index contributed by atoms with van der Waals surface area (Å²) in [4.78, 5) is 27.0. The third-order valence-electron chi connectivity index (χ3n) is 4.77. The summed E-state index contributed by atoms with van der Waals surface area (Å²) in [6.07, 6.45) is 1.68. The van der Waals surface area contributed by atoms with Crippen molar-refractivity contribution < 1.29 is 19.4 Å². The number of unbranched alkanes of at least 4 members (excludes halogenated alkanes) is 1.